The molecular weight excluding hydrogens is 289 g/mol. The van der Waals surface area contributed by atoms with Crippen LogP contribution >= 0.6 is 34.8 Å². The van der Waals surface area contributed by atoms with Crippen LogP contribution in [0.25, 0.3) is 16.3 Å². The highest BCUT2D eigenvalue weighted by Gasteiger charge is 2.23. The van der Waals surface area contributed by atoms with Gasteiger partial charge in [0.25, 0.3) is 0 Å². The monoisotopic (exact) mass is 296 g/mol. The van der Waals surface area contributed by atoms with Crippen molar-refractivity contribution in [1.29, 1.82) is 0 Å². The Morgan fingerprint density at radius 1 is 0.889 bits per heavy atom. The van der Waals surface area contributed by atoms with Gasteiger partial charge >= 0.3 is 0 Å². The highest BCUT2D eigenvalue weighted by atomic mass is 35.6. The minimum atomic E-state index is -1.38. The topological polar surface area (TPSA) is 4.10 Å². The molecular formula is C14H9Cl3N+. The van der Waals surface area contributed by atoms with E-state index >= 15 is 0 Å². The van der Waals surface area contributed by atoms with E-state index < -0.39 is 3.79 Å². The Hall–Kier alpha value is -1.02. The van der Waals surface area contributed by atoms with Crippen LogP contribution in [0.1, 0.15) is 5.56 Å². The zero-order chi connectivity index (χ0) is 12.8. The van der Waals surface area contributed by atoms with Crippen molar-refractivity contribution in [3.63, 3.8) is 0 Å². The van der Waals surface area contributed by atoms with Gasteiger partial charge in [-0.05, 0) is 23.6 Å². The number of benzene rings is 1. The molecule has 0 aliphatic carbocycles. The van der Waals surface area contributed by atoms with Gasteiger partial charge in [0.2, 0.25) is 9.31 Å². The lowest BCUT2D eigenvalue weighted by atomic mass is 10.1. The Bertz CT molecular complexity index is 732. The normalized spacial score (nSPS) is 12.2. The van der Waals surface area contributed by atoms with Crippen LogP contribution in [-0.4, -0.2) is 0 Å². The first kappa shape index (κ1) is 12.0. The lowest BCUT2D eigenvalue weighted by Crippen LogP contribution is -2.19. The molecule has 1 aromatic carbocycles. The molecule has 0 amide bonds. The third kappa shape index (κ3) is 2.14. The van der Waals surface area contributed by atoms with Gasteiger partial charge < -0.3 is 0 Å². The molecule has 3 rings (SSSR count). The number of pyridine rings is 2. The van der Waals surface area contributed by atoms with E-state index in [0.717, 1.165) is 16.3 Å². The molecule has 0 saturated heterocycles. The van der Waals surface area contributed by atoms with Crippen LogP contribution in [0.15, 0.2) is 54.9 Å². The van der Waals surface area contributed by atoms with Crippen LogP contribution in [0.5, 0.6) is 0 Å². The van der Waals surface area contributed by atoms with Crippen LogP contribution < -0.4 is 4.40 Å². The Kier molecular flexibility index (Phi) is 2.86. The van der Waals surface area contributed by atoms with E-state index in [1.807, 2.05) is 42.6 Å². The van der Waals surface area contributed by atoms with Crippen molar-refractivity contribution in [3.8, 4) is 0 Å². The molecule has 4 heteroatoms. The second kappa shape index (κ2) is 4.27. The molecule has 1 nitrogen and oxygen atoms in total. The summed E-state index contributed by atoms with van der Waals surface area (Å²) in [5, 5.41) is 2.17. The van der Waals surface area contributed by atoms with Crippen molar-refractivity contribution in [2.75, 3.05) is 0 Å². The van der Waals surface area contributed by atoms with Gasteiger partial charge in [0.15, 0.2) is 12.4 Å². The molecule has 18 heavy (non-hydrogen) atoms. The van der Waals surface area contributed by atoms with Gasteiger partial charge in [0, 0.05) is 29.1 Å². The molecule has 0 radical (unpaired) electrons. The smallest absolute Gasteiger partial charge is 0.167 e. The molecule has 0 aliphatic rings. The second-order valence-corrected chi connectivity index (χ2v) is 6.43. The molecule has 0 fully saturated rings. The summed E-state index contributed by atoms with van der Waals surface area (Å²) in [5.74, 6) is 0. The molecule has 2 heterocycles. The van der Waals surface area contributed by atoms with Crippen LogP contribution in [0.4, 0.5) is 0 Å². The summed E-state index contributed by atoms with van der Waals surface area (Å²) >= 11 is 17.7. The number of aromatic nitrogens is 1. The molecule has 0 saturated carbocycles. The summed E-state index contributed by atoms with van der Waals surface area (Å²) in [6.07, 6.45) is 4.07. The lowest BCUT2D eigenvalue weighted by Gasteiger charge is -2.11. The fourth-order valence-electron chi connectivity index (χ4n) is 2.01. The Morgan fingerprint density at radius 3 is 2.50 bits per heavy atom. The third-order valence-corrected chi connectivity index (χ3v) is 3.57. The summed E-state index contributed by atoms with van der Waals surface area (Å²) in [5.41, 5.74) is 1.78. The van der Waals surface area contributed by atoms with Gasteiger partial charge in [-0.2, -0.15) is 4.40 Å². The summed E-state index contributed by atoms with van der Waals surface area (Å²) in [4.78, 5) is 0. The van der Waals surface area contributed by atoms with Crippen molar-refractivity contribution >= 4 is 51.1 Å². The van der Waals surface area contributed by atoms with Gasteiger partial charge in [-0.15, -0.1) is 0 Å². The van der Waals surface area contributed by atoms with Gasteiger partial charge in [-0.1, -0.05) is 40.9 Å². The molecule has 0 spiro atoms. The fraction of sp³-hybridized carbons (Fsp3) is 0.0714. The SMILES string of the molecule is ClC(Cl)(Cl)c1ccc2c[n+]3ccccc3cc2c1. The minimum Gasteiger partial charge on any atom is -0.167 e. The Balaban J connectivity index is 2.31. The zero-order valence-electron chi connectivity index (χ0n) is 9.28. The number of rotatable bonds is 0. The molecule has 0 aliphatic heterocycles. The van der Waals surface area contributed by atoms with Crippen LogP contribution in [-0.2, 0) is 3.79 Å². The van der Waals surface area contributed by atoms with E-state index in [2.05, 4.69) is 16.7 Å². The van der Waals surface area contributed by atoms with E-state index in [1.54, 1.807) is 0 Å². The predicted octanol–water partition coefficient (Wildman–Crippen LogP) is 4.41. The third-order valence-electron chi connectivity index (χ3n) is 2.92. The number of hydrogen-bond acceptors (Lipinski definition) is 0. The minimum absolute atomic E-state index is 0.681. The molecule has 3 aromatic rings. The fourth-order valence-corrected chi connectivity index (χ4v) is 2.36. The van der Waals surface area contributed by atoms with Crippen molar-refractivity contribution < 1.29 is 4.40 Å². The van der Waals surface area contributed by atoms with Gasteiger partial charge in [-0.3, -0.25) is 0 Å². The first-order valence-corrected chi connectivity index (χ1v) is 6.58. The average Bonchev–Trinajstić information content (AvgIpc) is 2.34. The summed E-state index contributed by atoms with van der Waals surface area (Å²) in [6, 6.07) is 13.8. The number of hydrogen-bond donors (Lipinski definition) is 0. The van der Waals surface area contributed by atoms with Crippen molar-refractivity contribution in [2.45, 2.75) is 3.79 Å². The van der Waals surface area contributed by atoms with Crippen molar-refractivity contribution in [1.82, 2.24) is 0 Å². The molecule has 90 valence electrons. The number of halogens is 3. The second-order valence-electron chi connectivity index (χ2n) is 4.15. The molecule has 2 aromatic heterocycles. The summed E-state index contributed by atoms with van der Waals surface area (Å²) in [7, 11) is 0. The highest BCUT2D eigenvalue weighted by molar-refractivity contribution is 6.66. The van der Waals surface area contributed by atoms with Crippen LogP contribution in [0.2, 0.25) is 0 Å². The van der Waals surface area contributed by atoms with E-state index in [9.17, 15) is 0 Å². The standard InChI is InChI=1S/C14H9Cl3N/c15-14(16,17)12-5-4-10-9-18-6-2-1-3-13(18)8-11(10)7-12/h1-9H/q+1. The summed E-state index contributed by atoms with van der Waals surface area (Å²) < 4.78 is 0.685. The van der Waals surface area contributed by atoms with Crippen LogP contribution in [0, 0.1) is 0 Å². The van der Waals surface area contributed by atoms with Gasteiger partial charge in [0.05, 0.1) is 0 Å². The van der Waals surface area contributed by atoms with E-state index in [0.29, 0.717) is 5.56 Å². The Labute approximate surface area is 120 Å². The van der Waals surface area contributed by atoms with Gasteiger partial charge in [-0.25, -0.2) is 0 Å². The van der Waals surface area contributed by atoms with Crippen molar-refractivity contribution in [3.05, 3.63) is 60.4 Å². The number of nitrogens with zero attached hydrogens (tertiary/aromatic N) is 1. The molecule has 0 atom stereocenters. The lowest BCUT2D eigenvalue weighted by molar-refractivity contribution is -0.510. The van der Waals surface area contributed by atoms with E-state index in [-0.39, 0.29) is 0 Å². The highest BCUT2D eigenvalue weighted by Crippen LogP contribution is 2.39. The first-order valence-electron chi connectivity index (χ1n) is 5.45. The quantitative estimate of drug-likeness (QED) is 0.329. The maximum Gasteiger partial charge on any atom is 0.216 e. The predicted molar refractivity (Wildman–Crippen MR) is 76.3 cm³/mol. The molecule has 0 unspecified atom stereocenters. The maximum absolute atomic E-state index is 5.90. The van der Waals surface area contributed by atoms with Crippen LogP contribution in [0.3, 0.4) is 0 Å². The van der Waals surface area contributed by atoms with Crippen molar-refractivity contribution in [2.24, 2.45) is 0 Å². The number of alkyl halides is 3. The maximum atomic E-state index is 5.90. The first-order chi connectivity index (χ1) is 8.54. The Morgan fingerprint density at radius 2 is 1.72 bits per heavy atom. The van der Waals surface area contributed by atoms with E-state index in [1.165, 1.54) is 0 Å². The summed E-state index contributed by atoms with van der Waals surface area (Å²) in [6.45, 7) is 0. The number of fused-ring (bicyclic) bond motifs is 2. The molecule has 0 N–H and O–H groups in total. The largest absolute Gasteiger partial charge is 0.216 e. The van der Waals surface area contributed by atoms with Gasteiger partial charge in [0.1, 0.15) is 0 Å². The molecule has 0 bridgehead atoms. The zero-order valence-corrected chi connectivity index (χ0v) is 11.5. The average molecular weight is 298 g/mol. The van der Waals surface area contributed by atoms with E-state index in [4.69, 9.17) is 34.8 Å².